The van der Waals surface area contributed by atoms with E-state index in [0.717, 1.165) is 0 Å². The molecule has 0 aliphatic carbocycles. The smallest absolute Gasteiger partial charge is 0.210 e. The van der Waals surface area contributed by atoms with Gasteiger partial charge in [-0.1, -0.05) is 6.07 Å². The molecule has 2 aromatic rings. The number of para-hydroxylation sites is 1. The van der Waals surface area contributed by atoms with Crippen molar-refractivity contribution in [3.63, 3.8) is 0 Å². The summed E-state index contributed by atoms with van der Waals surface area (Å²) in [5.41, 5.74) is 0.679. The second-order valence-corrected chi connectivity index (χ2v) is 2.60. The number of alkyl halides is 1. The number of fused-ring (bicyclic) bond motifs is 1. The highest BCUT2D eigenvalue weighted by molar-refractivity contribution is 6.16. The van der Waals surface area contributed by atoms with Crippen molar-refractivity contribution >= 4 is 22.7 Å². The molecule has 2 rings (SSSR count). The van der Waals surface area contributed by atoms with Crippen LogP contribution in [0.25, 0.3) is 11.1 Å². The lowest BCUT2D eigenvalue weighted by Crippen LogP contribution is -1.73. The van der Waals surface area contributed by atoms with E-state index in [1.54, 1.807) is 12.1 Å². The van der Waals surface area contributed by atoms with Crippen LogP contribution in [-0.4, -0.2) is 4.98 Å². The Morgan fingerprint density at radius 2 is 2.33 bits per heavy atom. The number of halogens is 2. The number of rotatable bonds is 1. The zero-order valence-corrected chi connectivity index (χ0v) is 6.81. The van der Waals surface area contributed by atoms with Gasteiger partial charge >= 0.3 is 0 Å². The third-order valence-corrected chi connectivity index (χ3v) is 1.75. The van der Waals surface area contributed by atoms with Gasteiger partial charge in [-0.2, -0.15) is 0 Å². The van der Waals surface area contributed by atoms with Gasteiger partial charge in [0.2, 0.25) is 5.89 Å². The van der Waals surface area contributed by atoms with Crippen LogP contribution in [0.2, 0.25) is 0 Å². The van der Waals surface area contributed by atoms with Crippen LogP contribution >= 0.6 is 11.6 Å². The second-order valence-electron chi connectivity index (χ2n) is 2.33. The highest BCUT2D eigenvalue weighted by atomic mass is 35.5. The van der Waals surface area contributed by atoms with Crippen LogP contribution < -0.4 is 0 Å². The van der Waals surface area contributed by atoms with Crippen molar-refractivity contribution in [1.82, 2.24) is 4.98 Å². The predicted octanol–water partition coefficient (Wildman–Crippen LogP) is 2.71. The first-order valence-electron chi connectivity index (χ1n) is 3.41. The molecule has 0 unspecified atom stereocenters. The van der Waals surface area contributed by atoms with Gasteiger partial charge in [0.1, 0.15) is 5.52 Å². The van der Waals surface area contributed by atoms with Crippen molar-refractivity contribution in [3.8, 4) is 0 Å². The van der Waals surface area contributed by atoms with Crippen LogP contribution in [0, 0.1) is 5.82 Å². The second kappa shape index (κ2) is 2.75. The van der Waals surface area contributed by atoms with Crippen LogP contribution in [0.4, 0.5) is 4.39 Å². The molecule has 62 valence electrons. The molecule has 1 heterocycles. The fourth-order valence-electron chi connectivity index (χ4n) is 1.02. The number of oxazole rings is 1. The van der Waals surface area contributed by atoms with Gasteiger partial charge in [-0.3, -0.25) is 0 Å². The maximum atomic E-state index is 13.0. The third-order valence-electron chi connectivity index (χ3n) is 1.53. The monoisotopic (exact) mass is 185 g/mol. The Labute approximate surface area is 73.0 Å². The number of hydrogen-bond donors (Lipinski definition) is 0. The number of nitrogens with zero attached hydrogens (tertiary/aromatic N) is 1. The lowest BCUT2D eigenvalue weighted by molar-refractivity contribution is 0.524. The molecule has 0 saturated heterocycles. The summed E-state index contributed by atoms with van der Waals surface area (Å²) in [6, 6.07) is 4.59. The molecule has 0 spiro atoms. The van der Waals surface area contributed by atoms with Crippen molar-refractivity contribution < 1.29 is 8.81 Å². The van der Waals surface area contributed by atoms with Crippen LogP contribution in [0.5, 0.6) is 0 Å². The van der Waals surface area contributed by atoms with Gasteiger partial charge in [-0.05, 0) is 12.1 Å². The van der Waals surface area contributed by atoms with Crippen molar-refractivity contribution in [3.05, 3.63) is 29.9 Å². The van der Waals surface area contributed by atoms with E-state index in [4.69, 9.17) is 16.0 Å². The van der Waals surface area contributed by atoms with E-state index in [1.165, 1.54) is 6.07 Å². The molecule has 0 fully saturated rings. The first-order valence-corrected chi connectivity index (χ1v) is 3.94. The molecule has 0 aliphatic heterocycles. The summed E-state index contributed by atoms with van der Waals surface area (Å²) >= 11 is 5.47. The molecule has 2 nitrogen and oxygen atoms in total. The lowest BCUT2D eigenvalue weighted by Gasteiger charge is -1.85. The Kier molecular flexibility index (Phi) is 1.73. The van der Waals surface area contributed by atoms with E-state index in [2.05, 4.69) is 4.98 Å². The van der Waals surface area contributed by atoms with Gasteiger partial charge in [-0.25, -0.2) is 9.37 Å². The Morgan fingerprint density at radius 3 is 3.00 bits per heavy atom. The zero-order valence-electron chi connectivity index (χ0n) is 6.05. The minimum atomic E-state index is -0.406. The molecule has 0 radical (unpaired) electrons. The number of benzene rings is 1. The summed E-state index contributed by atoms with van der Waals surface area (Å²) in [5.74, 6) is 0.0989. The fourth-order valence-corrected chi connectivity index (χ4v) is 1.13. The van der Waals surface area contributed by atoms with E-state index < -0.39 is 5.82 Å². The Hall–Kier alpha value is -1.09. The van der Waals surface area contributed by atoms with E-state index >= 15 is 0 Å². The van der Waals surface area contributed by atoms with Crippen LogP contribution in [0.1, 0.15) is 5.89 Å². The van der Waals surface area contributed by atoms with Crippen molar-refractivity contribution in [1.29, 1.82) is 0 Å². The van der Waals surface area contributed by atoms with E-state index in [1.807, 2.05) is 0 Å². The standard InChI is InChI=1S/C8H5ClFNO/c9-4-7-11-6-3-1-2-5(10)8(6)12-7/h1-3H,4H2. The quantitative estimate of drug-likeness (QED) is 0.639. The van der Waals surface area contributed by atoms with Gasteiger partial charge in [-0.15, -0.1) is 11.6 Å². The molecule has 0 bridgehead atoms. The zero-order chi connectivity index (χ0) is 8.55. The van der Waals surface area contributed by atoms with E-state index in [-0.39, 0.29) is 11.5 Å². The summed E-state index contributed by atoms with van der Waals surface area (Å²) in [6.45, 7) is 0. The summed E-state index contributed by atoms with van der Waals surface area (Å²) in [7, 11) is 0. The van der Waals surface area contributed by atoms with Gasteiger partial charge < -0.3 is 4.42 Å². The number of hydrogen-bond acceptors (Lipinski definition) is 2. The molecular weight excluding hydrogens is 181 g/mol. The highest BCUT2D eigenvalue weighted by Gasteiger charge is 2.07. The molecule has 0 atom stereocenters. The predicted molar refractivity (Wildman–Crippen MR) is 43.5 cm³/mol. The lowest BCUT2D eigenvalue weighted by atomic mass is 10.3. The topological polar surface area (TPSA) is 26.0 Å². The first-order chi connectivity index (χ1) is 5.81. The van der Waals surface area contributed by atoms with Crippen LogP contribution in [0.15, 0.2) is 22.6 Å². The summed E-state index contributed by atoms with van der Waals surface area (Å²) in [5, 5.41) is 0. The highest BCUT2D eigenvalue weighted by Crippen LogP contribution is 2.19. The minimum absolute atomic E-state index is 0.161. The van der Waals surface area contributed by atoms with E-state index in [9.17, 15) is 4.39 Å². The largest absolute Gasteiger partial charge is 0.436 e. The summed E-state index contributed by atoms with van der Waals surface area (Å²) in [6.07, 6.45) is 0. The summed E-state index contributed by atoms with van der Waals surface area (Å²) < 4.78 is 18.0. The van der Waals surface area contributed by atoms with Gasteiger partial charge in [0.05, 0.1) is 5.88 Å². The maximum absolute atomic E-state index is 13.0. The SMILES string of the molecule is Fc1cccc2nc(CCl)oc12. The van der Waals surface area contributed by atoms with Crippen LogP contribution in [0.3, 0.4) is 0 Å². The minimum Gasteiger partial charge on any atom is -0.436 e. The third kappa shape index (κ3) is 1.06. The van der Waals surface area contributed by atoms with Gasteiger partial charge in [0.25, 0.3) is 0 Å². The van der Waals surface area contributed by atoms with Gasteiger partial charge in [0, 0.05) is 0 Å². The summed E-state index contributed by atoms with van der Waals surface area (Å²) in [4.78, 5) is 3.95. The maximum Gasteiger partial charge on any atom is 0.210 e. The van der Waals surface area contributed by atoms with Crippen molar-refractivity contribution in [2.45, 2.75) is 5.88 Å². The molecule has 0 saturated carbocycles. The molecule has 1 aromatic carbocycles. The molecule has 0 N–H and O–H groups in total. The molecule has 0 aliphatic rings. The van der Waals surface area contributed by atoms with Crippen molar-refractivity contribution in [2.24, 2.45) is 0 Å². The Balaban J connectivity index is 2.74. The normalized spacial score (nSPS) is 10.8. The Morgan fingerprint density at radius 1 is 1.50 bits per heavy atom. The van der Waals surface area contributed by atoms with Crippen molar-refractivity contribution in [2.75, 3.05) is 0 Å². The molecule has 0 amide bonds. The molecular formula is C8H5ClFNO. The fraction of sp³-hybridized carbons (Fsp3) is 0.125. The average molecular weight is 186 g/mol. The Bertz CT molecular complexity index is 412. The number of aromatic nitrogens is 1. The average Bonchev–Trinajstić information content (AvgIpc) is 2.49. The van der Waals surface area contributed by atoms with Crippen LogP contribution in [-0.2, 0) is 5.88 Å². The molecule has 12 heavy (non-hydrogen) atoms. The first kappa shape index (κ1) is 7.55. The van der Waals surface area contributed by atoms with E-state index in [0.29, 0.717) is 11.4 Å². The molecule has 1 aromatic heterocycles. The van der Waals surface area contributed by atoms with Gasteiger partial charge in [0.15, 0.2) is 11.4 Å². The molecule has 4 heteroatoms.